The zero-order chi connectivity index (χ0) is 25.6. The quantitative estimate of drug-likeness (QED) is 0.222. The third-order valence-corrected chi connectivity index (χ3v) is 6.73. The summed E-state index contributed by atoms with van der Waals surface area (Å²) >= 11 is 6.09. The highest BCUT2D eigenvalue weighted by molar-refractivity contribution is 6.30. The van der Waals surface area contributed by atoms with Gasteiger partial charge in [0.2, 0.25) is 5.89 Å². The zero-order valence-electron chi connectivity index (χ0n) is 20.7. The van der Waals surface area contributed by atoms with Crippen molar-refractivity contribution in [1.29, 1.82) is 0 Å². The molecule has 2 N–H and O–H groups in total. The summed E-state index contributed by atoms with van der Waals surface area (Å²) < 4.78 is 5.73. The number of aromatic amines is 1. The molecule has 6 nitrogen and oxygen atoms in total. The summed E-state index contributed by atoms with van der Waals surface area (Å²) in [5.74, 6) is 0.250. The standard InChI is InChI=1S/C30H29ClN4O2/c1-21(23-7-3-2-4-8-23)33-30(36)28-20-37-29(34-28)19-35(18-22-11-13-25(31)14-12-22)16-15-24-17-32-27-10-6-5-9-26(24)27/h2-14,17,20-21,32H,15-16,18-19H2,1H3,(H,33,36). The third-order valence-electron chi connectivity index (χ3n) is 6.48. The Labute approximate surface area is 221 Å². The Kier molecular flexibility index (Phi) is 7.68. The predicted octanol–water partition coefficient (Wildman–Crippen LogP) is 6.55. The van der Waals surface area contributed by atoms with E-state index in [-0.39, 0.29) is 17.6 Å². The van der Waals surface area contributed by atoms with Crippen molar-refractivity contribution in [1.82, 2.24) is 20.2 Å². The summed E-state index contributed by atoms with van der Waals surface area (Å²) in [7, 11) is 0. The van der Waals surface area contributed by atoms with Crippen molar-refractivity contribution in [2.45, 2.75) is 32.5 Å². The molecule has 7 heteroatoms. The molecule has 0 saturated heterocycles. The van der Waals surface area contributed by atoms with E-state index in [2.05, 4.69) is 44.6 Å². The van der Waals surface area contributed by atoms with Crippen LogP contribution in [0, 0.1) is 0 Å². The number of halogens is 1. The number of fused-ring (bicyclic) bond motifs is 1. The number of para-hydroxylation sites is 1. The number of hydrogen-bond donors (Lipinski definition) is 2. The van der Waals surface area contributed by atoms with Gasteiger partial charge in [-0.15, -0.1) is 0 Å². The Bertz CT molecular complexity index is 1460. The highest BCUT2D eigenvalue weighted by atomic mass is 35.5. The minimum Gasteiger partial charge on any atom is -0.447 e. The van der Waals surface area contributed by atoms with Gasteiger partial charge in [-0.3, -0.25) is 9.69 Å². The fourth-order valence-corrected chi connectivity index (χ4v) is 4.58. The maximum Gasteiger partial charge on any atom is 0.273 e. The van der Waals surface area contributed by atoms with Gasteiger partial charge >= 0.3 is 0 Å². The van der Waals surface area contributed by atoms with Crippen LogP contribution in [0.5, 0.6) is 0 Å². The lowest BCUT2D eigenvalue weighted by atomic mass is 10.1. The van der Waals surface area contributed by atoms with E-state index in [1.807, 2.05) is 67.6 Å². The third kappa shape index (κ3) is 6.28. The van der Waals surface area contributed by atoms with Gasteiger partial charge in [0.25, 0.3) is 5.91 Å². The number of amides is 1. The van der Waals surface area contributed by atoms with E-state index < -0.39 is 0 Å². The molecule has 1 atom stereocenters. The molecule has 0 aliphatic heterocycles. The number of hydrogen-bond acceptors (Lipinski definition) is 4. The molecule has 0 saturated carbocycles. The first-order chi connectivity index (χ1) is 18.0. The minimum absolute atomic E-state index is 0.133. The van der Waals surface area contributed by atoms with Gasteiger partial charge in [0.05, 0.1) is 12.6 Å². The largest absolute Gasteiger partial charge is 0.447 e. The molecule has 0 aliphatic carbocycles. The lowest BCUT2D eigenvalue weighted by Gasteiger charge is -2.21. The van der Waals surface area contributed by atoms with Crippen LogP contribution in [0.25, 0.3) is 10.9 Å². The summed E-state index contributed by atoms with van der Waals surface area (Å²) in [6.07, 6.45) is 4.37. The number of oxazole rings is 1. The van der Waals surface area contributed by atoms with E-state index in [1.165, 1.54) is 17.2 Å². The highest BCUT2D eigenvalue weighted by Gasteiger charge is 2.18. The van der Waals surface area contributed by atoms with Crippen LogP contribution in [0.2, 0.25) is 5.02 Å². The second-order valence-electron chi connectivity index (χ2n) is 9.18. The van der Waals surface area contributed by atoms with Crippen LogP contribution in [-0.2, 0) is 19.5 Å². The number of carbonyl (C=O) groups is 1. The fourth-order valence-electron chi connectivity index (χ4n) is 4.45. The Morgan fingerprint density at radius 1 is 1.03 bits per heavy atom. The second kappa shape index (κ2) is 11.5. The van der Waals surface area contributed by atoms with Crippen molar-refractivity contribution in [2.75, 3.05) is 6.54 Å². The summed E-state index contributed by atoms with van der Waals surface area (Å²) in [5, 5.41) is 4.94. The molecule has 0 spiro atoms. The lowest BCUT2D eigenvalue weighted by molar-refractivity contribution is 0.0934. The minimum atomic E-state index is -0.255. The summed E-state index contributed by atoms with van der Waals surface area (Å²) in [6, 6.07) is 25.9. The maximum absolute atomic E-state index is 12.8. The van der Waals surface area contributed by atoms with Gasteiger partial charge in [-0.25, -0.2) is 4.98 Å². The molecule has 1 amide bonds. The van der Waals surface area contributed by atoms with E-state index in [4.69, 9.17) is 16.0 Å². The van der Waals surface area contributed by atoms with Crippen LogP contribution < -0.4 is 5.32 Å². The molecule has 0 radical (unpaired) electrons. The fraction of sp³-hybridized carbons (Fsp3) is 0.200. The van der Waals surface area contributed by atoms with Gasteiger partial charge in [0.1, 0.15) is 6.26 Å². The SMILES string of the molecule is CC(NC(=O)c1coc(CN(CCc2c[nH]c3ccccc23)Cc2ccc(Cl)cc2)n1)c1ccccc1. The predicted molar refractivity (Wildman–Crippen MR) is 146 cm³/mol. The monoisotopic (exact) mass is 512 g/mol. The van der Waals surface area contributed by atoms with Crippen molar-refractivity contribution in [2.24, 2.45) is 0 Å². The molecule has 0 aliphatic rings. The first-order valence-electron chi connectivity index (χ1n) is 12.4. The van der Waals surface area contributed by atoms with E-state index in [1.54, 1.807) is 0 Å². The van der Waals surface area contributed by atoms with E-state index in [0.29, 0.717) is 24.0 Å². The molecule has 2 aromatic heterocycles. The van der Waals surface area contributed by atoms with Crippen LogP contribution in [0.4, 0.5) is 0 Å². The number of aromatic nitrogens is 2. The molecule has 0 bridgehead atoms. The van der Waals surface area contributed by atoms with Crippen LogP contribution >= 0.6 is 11.6 Å². The van der Waals surface area contributed by atoms with Gasteiger partial charge in [0.15, 0.2) is 5.69 Å². The van der Waals surface area contributed by atoms with E-state index in [0.717, 1.165) is 29.6 Å². The molecular formula is C30H29ClN4O2. The smallest absolute Gasteiger partial charge is 0.273 e. The molecule has 5 rings (SSSR count). The normalized spacial score (nSPS) is 12.2. The topological polar surface area (TPSA) is 74.2 Å². The Balaban J connectivity index is 1.28. The lowest BCUT2D eigenvalue weighted by Crippen LogP contribution is -2.27. The van der Waals surface area contributed by atoms with Crippen LogP contribution in [0.15, 0.2) is 95.7 Å². The summed E-state index contributed by atoms with van der Waals surface area (Å²) in [6.45, 7) is 3.92. The molecule has 3 aromatic carbocycles. The molecular weight excluding hydrogens is 484 g/mol. The van der Waals surface area contributed by atoms with Crippen molar-refractivity contribution >= 4 is 28.4 Å². The van der Waals surface area contributed by atoms with Crippen molar-refractivity contribution in [3.8, 4) is 0 Å². The molecule has 0 fully saturated rings. The van der Waals surface area contributed by atoms with E-state index in [9.17, 15) is 4.79 Å². The van der Waals surface area contributed by atoms with Gasteiger partial charge < -0.3 is 14.7 Å². The number of carbonyl (C=O) groups excluding carboxylic acids is 1. The Morgan fingerprint density at radius 3 is 2.59 bits per heavy atom. The second-order valence-corrected chi connectivity index (χ2v) is 9.62. The number of nitrogens with one attached hydrogen (secondary N) is 2. The molecule has 188 valence electrons. The van der Waals surface area contributed by atoms with Crippen molar-refractivity contribution < 1.29 is 9.21 Å². The van der Waals surface area contributed by atoms with Crippen LogP contribution in [-0.4, -0.2) is 27.3 Å². The zero-order valence-corrected chi connectivity index (χ0v) is 21.4. The Hall–Kier alpha value is -3.87. The molecule has 5 aromatic rings. The van der Waals surface area contributed by atoms with E-state index >= 15 is 0 Å². The molecule has 1 unspecified atom stereocenters. The number of rotatable bonds is 10. The summed E-state index contributed by atoms with van der Waals surface area (Å²) in [4.78, 5) is 22.9. The first-order valence-corrected chi connectivity index (χ1v) is 12.7. The average molecular weight is 513 g/mol. The first kappa shape index (κ1) is 24.8. The van der Waals surface area contributed by atoms with Crippen molar-refractivity contribution in [3.63, 3.8) is 0 Å². The molecule has 2 heterocycles. The number of benzene rings is 3. The van der Waals surface area contributed by atoms with Gasteiger partial charge in [-0.05, 0) is 48.2 Å². The molecule has 37 heavy (non-hydrogen) atoms. The Morgan fingerprint density at radius 2 is 1.78 bits per heavy atom. The number of H-pyrrole nitrogens is 1. The maximum atomic E-state index is 12.8. The number of nitrogens with zero attached hydrogens (tertiary/aromatic N) is 2. The van der Waals surface area contributed by atoms with Gasteiger partial charge in [-0.1, -0.05) is 72.3 Å². The summed E-state index contributed by atoms with van der Waals surface area (Å²) in [5.41, 5.74) is 4.85. The van der Waals surface area contributed by atoms with Crippen LogP contribution in [0.3, 0.4) is 0 Å². The van der Waals surface area contributed by atoms with Gasteiger partial charge in [-0.2, -0.15) is 0 Å². The van der Waals surface area contributed by atoms with Crippen molar-refractivity contribution in [3.05, 3.63) is 125 Å². The van der Waals surface area contributed by atoms with Crippen LogP contribution in [0.1, 0.15) is 46.0 Å². The average Bonchev–Trinajstić information content (AvgIpc) is 3.56. The highest BCUT2D eigenvalue weighted by Crippen LogP contribution is 2.20. The van der Waals surface area contributed by atoms with Gasteiger partial charge in [0, 0.05) is 35.2 Å².